The van der Waals surface area contributed by atoms with Gasteiger partial charge in [0.05, 0.1) is 11.0 Å². The molecule has 17 heavy (non-hydrogen) atoms. The number of halogens is 2. The molecule has 1 unspecified atom stereocenters. The Labute approximate surface area is 109 Å². The zero-order chi connectivity index (χ0) is 13.1. The first-order valence-electron chi connectivity index (χ1n) is 5.22. The Morgan fingerprint density at radius 1 is 1.47 bits per heavy atom. The van der Waals surface area contributed by atoms with Gasteiger partial charge in [-0.1, -0.05) is 15.9 Å². The van der Waals surface area contributed by atoms with Crippen LogP contribution in [0.4, 0.5) is 4.39 Å². The molecule has 2 N–H and O–H groups in total. The molecule has 0 saturated carbocycles. The third-order valence-electron chi connectivity index (χ3n) is 2.55. The van der Waals surface area contributed by atoms with Gasteiger partial charge in [0, 0.05) is 10.0 Å². The molecule has 6 heteroatoms. The van der Waals surface area contributed by atoms with Gasteiger partial charge in [0.15, 0.2) is 9.84 Å². The summed E-state index contributed by atoms with van der Waals surface area (Å²) in [5, 5.41) is -0.550. The predicted octanol–water partition coefficient (Wildman–Crippen LogP) is 2.24. The van der Waals surface area contributed by atoms with Crippen LogP contribution in [0, 0.1) is 5.82 Å². The lowest BCUT2D eigenvalue weighted by Crippen LogP contribution is -2.23. The van der Waals surface area contributed by atoms with E-state index in [4.69, 9.17) is 5.73 Å². The van der Waals surface area contributed by atoms with E-state index in [0.29, 0.717) is 17.4 Å². The average Bonchev–Trinajstić information content (AvgIpc) is 2.23. The second kappa shape index (κ2) is 5.93. The van der Waals surface area contributed by atoms with Gasteiger partial charge >= 0.3 is 0 Å². The first kappa shape index (κ1) is 14.6. The number of hydrogen-bond acceptors (Lipinski definition) is 3. The third kappa shape index (κ3) is 4.04. The van der Waals surface area contributed by atoms with Crippen LogP contribution in [-0.4, -0.2) is 20.2 Å². The molecule has 0 aliphatic carbocycles. The summed E-state index contributed by atoms with van der Waals surface area (Å²) in [5.41, 5.74) is 5.51. The highest BCUT2D eigenvalue weighted by molar-refractivity contribution is 9.10. The molecule has 0 radical (unpaired) electrons. The number of nitrogens with two attached hydrogens (primary N) is 1. The SMILES string of the molecule is CC(CCN)S(=O)(=O)Cc1cc(Br)ccc1F. The molecule has 1 rings (SSSR count). The van der Waals surface area contributed by atoms with Crippen LogP contribution >= 0.6 is 15.9 Å². The topological polar surface area (TPSA) is 60.2 Å². The normalized spacial score (nSPS) is 13.6. The standard InChI is InChI=1S/C11H15BrFNO2S/c1-8(4-5-14)17(15,16)7-9-6-10(12)2-3-11(9)13/h2-3,6,8H,4-5,7,14H2,1H3. The summed E-state index contributed by atoms with van der Waals surface area (Å²) in [6.07, 6.45) is 0.387. The van der Waals surface area contributed by atoms with Gasteiger partial charge in [-0.2, -0.15) is 0 Å². The lowest BCUT2D eigenvalue weighted by Gasteiger charge is -2.12. The third-order valence-corrected chi connectivity index (χ3v) is 5.22. The Bertz CT molecular complexity index is 490. The molecule has 1 atom stereocenters. The summed E-state index contributed by atoms with van der Waals surface area (Å²) < 4.78 is 37.9. The first-order chi connectivity index (χ1) is 7.86. The smallest absolute Gasteiger partial charge is 0.157 e. The van der Waals surface area contributed by atoms with E-state index in [1.54, 1.807) is 6.92 Å². The van der Waals surface area contributed by atoms with Crippen molar-refractivity contribution in [2.75, 3.05) is 6.54 Å². The molecule has 0 bridgehead atoms. The summed E-state index contributed by atoms with van der Waals surface area (Å²) in [5.74, 6) is -0.795. The molecule has 0 heterocycles. The highest BCUT2D eigenvalue weighted by atomic mass is 79.9. The fourth-order valence-corrected chi connectivity index (χ4v) is 3.27. The number of benzene rings is 1. The van der Waals surface area contributed by atoms with Gasteiger partial charge < -0.3 is 5.73 Å². The maximum Gasteiger partial charge on any atom is 0.157 e. The van der Waals surface area contributed by atoms with Gasteiger partial charge in [0.1, 0.15) is 5.82 Å². The molecule has 0 aliphatic rings. The van der Waals surface area contributed by atoms with Crippen LogP contribution in [0.5, 0.6) is 0 Å². The van der Waals surface area contributed by atoms with E-state index in [0.717, 1.165) is 0 Å². The van der Waals surface area contributed by atoms with E-state index in [9.17, 15) is 12.8 Å². The van der Waals surface area contributed by atoms with Crippen LogP contribution in [0.25, 0.3) is 0 Å². The van der Waals surface area contributed by atoms with E-state index in [1.165, 1.54) is 18.2 Å². The molecule has 3 nitrogen and oxygen atoms in total. The zero-order valence-electron chi connectivity index (χ0n) is 9.49. The molecule has 0 fully saturated rings. The Kier molecular flexibility index (Phi) is 5.09. The average molecular weight is 324 g/mol. The largest absolute Gasteiger partial charge is 0.330 e. The molecule has 0 saturated heterocycles. The number of hydrogen-bond donors (Lipinski definition) is 1. The molecule has 96 valence electrons. The van der Waals surface area contributed by atoms with Crippen LogP contribution in [0.2, 0.25) is 0 Å². The van der Waals surface area contributed by atoms with Gasteiger partial charge in [-0.25, -0.2) is 12.8 Å². The van der Waals surface area contributed by atoms with Crippen LogP contribution in [0.3, 0.4) is 0 Å². The molecule has 0 aromatic heterocycles. The van der Waals surface area contributed by atoms with Crippen molar-refractivity contribution < 1.29 is 12.8 Å². The second-order valence-corrected chi connectivity index (χ2v) is 7.27. The minimum atomic E-state index is -3.36. The lowest BCUT2D eigenvalue weighted by atomic mass is 10.2. The van der Waals surface area contributed by atoms with E-state index in [2.05, 4.69) is 15.9 Å². The maximum atomic E-state index is 13.4. The van der Waals surface area contributed by atoms with Crippen molar-refractivity contribution in [2.24, 2.45) is 5.73 Å². The van der Waals surface area contributed by atoms with Crippen LogP contribution in [0.15, 0.2) is 22.7 Å². The second-order valence-electron chi connectivity index (χ2n) is 3.93. The van der Waals surface area contributed by atoms with Crippen molar-refractivity contribution in [1.29, 1.82) is 0 Å². The molecule has 1 aromatic carbocycles. The van der Waals surface area contributed by atoms with Gasteiger partial charge in [-0.3, -0.25) is 0 Å². The van der Waals surface area contributed by atoms with Gasteiger partial charge in [-0.15, -0.1) is 0 Å². The van der Waals surface area contributed by atoms with E-state index in [1.807, 2.05) is 0 Å². The fraction of sp³-hybridized carbons (Fsp3) is 0.455. The van der Waals surface area contributed by atoms with Gasteiger partial charge in [0.2, 0.25) is 0 Å². The molecular formula is C11H15BrFNO2S. The fourth-order valence-electron chi connectivity index (χ4n) is 1.43. The van der Waals surface area contributed by atoms with Gasteiger partial charge in [-0.05, 0) is 38.1 Å². The Morgan fingerprint density at radius 2 is 2.12 bits per heavy atom. The lowest BCUT2D eigenvalue weighted by molar-refractivity contribution is 0.571. The molecular weight excluding hydrogens is 309 g/mol. The molecule has 0 aliphatic heterocycles. The maximum absolute atomic E-state index is 13.4. The van der Waals surface area contributed by atoms with Crippen molar-refractivity contribution in [3.8, 4) is 0 Å². The quantitative estimate of drug-likeness (QED) is 0.904. The Morgan fingerprint density at radius 3 is 2.71 bits per heavy atom. The summed E-state index contributed by atoms with van der Waals surface area (Å²) >= 11 is 3.19. The van der Waals surface area contributed by atoms with Crippen LogP contribution in [-0.2, 0) is 15.6 Å². The van der Waals surface area contributed by atoms with E-state index in [-0.39, 0.29) is 11.3 Å². The minimum Gasteiger partial charge on any atom is -0.330 e. The van der Waals surface area contributed by atoms with Crippen molar-refractivity contribution in [3.05, 3.63) is 34.1 Å². The highest BCUT2D eigenvalue weighted by Gasteiger charge is 2.22. The van der Waals surface area contributed by atoms with Gasteiger partial charge in [0.25, 0.3) is 0 Å². The Balaban J connectivity index is 2.94. The van der Waals surface area contributed by atoms with Crippen LogP contribution < -0.4 is 5.73 Å². The molecule has 0 spiro atoms. The van der Waals surface area contributed by atoms with Crippen molar-refractivity contribution in [2.45, 2.75) is 24.3 Å². The number of rotatable bonds is 5. The zero-order valence-corrected chi connectivity index (χ0v) is 11.9. The highest BCUT2D eigenvalue weighted by Crippen LogP contribution is 2.20. The first-order valence-corrected chi connectivity index (χ1v) is 7.73. The molecule has 1 aromatic rings. The number of sulfone groups is 1. The summed E-state index contributed by atoms with van der Waals surface area (Å²) in [4.78, 5) is 0. The van der Waals surface area contributed by atoms with E-state index >= 15 is 0 Å². The van der Waals surface area contributed by atoms with Crippen molar-refractivity contribution in [1.82, 2.24) is 0 Å². The van der Waals surface area contributed by atoms with Crippen molar-refractivity contribution in [3.63, 3.8) is 0 Å². The van der Waals surface area contributed by atoms with E-state index < -0.39 is 20.9 Å². The monoisotopic (exact) mass is 323 g/mol. The predicted molar refractivity (Wildman–Crippen MR) is 69.9 cm³/mol. The molecule has 0 amide bonds. The summed E-state index contributed by atoms with van der Waals surface area (Å²) in [6, 6.07) is 4.28. The Hall–Kier alpha value is -0.460. The van der Waals surface area contributed by atoms with Crippen LogP contribution in [0.1, 0.15) is 18.9 Å². The minimum absolute atomic E-state index is 0.184. The van der Waals surface area contributed by atoms with Crippen molar-refractivity contribution >= 4 is 25.8 Å². The summed E-state index contributed by atoms with van der Waals surface area (Å²) in [6.45, 7) is 1.90. The summed E-state index contributed by atoms with van der Waals surface area (Å²) in [7, 11) is -3.36.